The molecule has 5 aromatic rings. The number of nitrogens with zero attached hydrogens (tertiary/aromatic N) is 4. The third-order valence-corrected chi connectivity index (χ3v) is 5.39. The number of hydrogen-bond acceptors (Lipinski definition) is 5. The van der Waals surface area contributed by atoms with Gasteiger partial charge in [-0.25, -0.2) is 23.7 Å². The molecule has 160 valence electrons. The zero-order chi connectivity index (χ0) is 22.2. The lowest BCUT2D eigenvalue weighted by atomic mass is 10.0. The maximum atomic E-state index is 13.9. The number of pyridine rings is 1. The lowest BCUT2D eigenvalue weighted by Gasteiger charge is -2.23. The molecule has 2 aromatic carbocycles. The lowest BCUT2D eigenvalue weighted by molar-refractivity contribution is 0.626. The van der Waals surface area contributed by atoms with Crippen molar-refractivity contribution in [3.63, 3.8) is 0 Å². The van der Waals surface area contributed by atoms with E-state index in [2.05, 4.69) is 25.3 Å². The highest BCUT2D eigenvalue weighted by Crippen LogP contribution is 2.28. The zero-order valence-electron chi connectivity index (χ0n) is 17.0. The predicted molar refractivity (Wildman–Crippen MR) is 118 cm³/mol. The van der Waals surface area contributed by atoms with Crippen molar-refractivity contribution in [1.29, 1.82) is 0 Å². The van der Waals surface area contributed by atoms with Gasteiger partial charge in [-0.3, -0.25) is 9.36 Å². The maximum absolute atomic E-state index is 13.9. The maximum Gasteiger partial charge on any atom is 0.263 e. The quantitative estimate of drug-likeness (QED) is 0.427. The molecular weight excluding hydrogens is 414 g/mol. The van der Waals surface area contributed by atoms with E-state index in [1.165, 1.54) is 53.6 Å². The average molecular weight is 432 g/mol. The van der Waals surface area contributed by atoms with Crippen LogP contribution in [0.1, 0.15) is 25.1 Å². The van der Waals surface area contributed by atoms with Crippen LogP contribution in [0, 0.1) is 11.6 Å². The van der Waals surface area contributed by atoms with Gasteiger partial charge in [0.25, 0.3) is 5.56 Å². The molecule has 0 amide bonds. The van der Waals surface area contributed by atoms with Gasteiger partial charge in [-0.05, 0) is 54.3 Å². The standard InChI is InChI=1S/C23H18F2N6O/c1-2-18(30-22-20-21(27-11-26-20)28-12-29-22)19-9-13-3-4-15(25)10-17(13)23(32)31(19)16-7-5-14(24)6-8-16/h3-12,18H,2H2,1H3,(H2,26,27,28,29,30). The Balaban J connectivity index is 1.72. The second-order valence-electron chi connectivity index (χ2n) is 7.35. The topological polar surface area (TPSA) is 88.5 Å². The van der Waals surface area contributed by atoms with E-state index in [0.717, 1.165) is 0 Å². The van der Waals surface area contributed by atoms with Crippen molar-refractivity contribution in [3.05, 3.63) is 88.9 Å². The zero-order valence-corrected chi connectivity index (χ0v) is 17.0. The van der Waals surface area contributed by atoms with E-state index in [9.17, 15) is 13.6 Å². The second kappa shape index (κ2) is 7.84. The van der Waals surface area contributed by atoms with Crippen molar-refractivity contribution in [2.75, 3.05) is 5.32 Å². The SMILES string of the molecule is CCC(Nc1ncnc2nc[nH]c12)c1cc2ccc(F)cc2c(=O)n1-c1ccc(F)cc1. The minimum absolute atomic E-state index is 0.242. The van der Waals surface area contributed by atoms with Gasteiger partial charge in [0.15, 0.2) is 11.5 Å². The Labute approximate surface area is 180 Å². The summed E-state index contributed by atoms with van der Waals surface area (Å²) in [6.07, 6.45) is 3.55. The molecular formula is C23H18F2N6O. The van der Waals surface area contributed by atoms with Crippen LogP contribution in [0.4, 0.5) is 14.6 Å². The minimum Gasteiger partial charge on any atom is -0.360 e. The predicted octanol–water partition coefficient (Wildman–Crippen LogP) is 4.50. The third kappa shape index (κ3) is 3.37. The molecule has 0 saturated carbocycles. The van der Waals surface area contributed by atoms with Gasteiger partial charge in [0.2, 0.25) is 0 Å². The summed E-state index contributed by atoms with van der Waals surface area (Å²) in [6.45, 7) is 1.97. The van der Waals surface area contributed by atoms with E-state index >= 15 is 0 Å². The van der Waals surface area contributed by atoms with Crippen LogP contribution in [0.5, 0.6) is 0 Å². The number of aromatic nitrogens is 5. The van der Waals surface area contributed by atoms with Crippen LogP contribution in [0.15, 0.2) is 66.0 Å². The normalized spacial score (nSPS) is 12.3. The summed E-state index contributed by atoms with van der Waals surface area (Å²) >= 11 is 0. The van der Waals surface area contributed by atoms with Crippen molar-refractivity contribution in [2.45, 2.75) is 19.4 Å². The van der Waals surface area contributed by atoms with Crippen LogP contribution >= 0.6 is 0 Å². The van der Waals surface area contributed by atoms with E-state index in [1.807, 2.05) is 13.0 Å². The van der Waals surface area contributed by atoms with Gasteiger partial charge in [0.05, 0.1) is 17.8 Å². The van der Waals surface area contributed by atoms with Gasteiger partial charge in [-0.2, -0.15) is 0 Å². The van der Waals surface area contributed by atoms with Crippen LogP contribution in [0.25, 0.3) is 27.6 Å². The van der Waals surface area contributed by atoms with Crippen molar-refractivity contribution in [2.24, 2.45) is 0 Å². The molecule has 0 spiro atoms. The number of nitrogens with one attached hydrogen (secondary N) is 2. The fourth-order valence-corrected chi connectivity index (χ4v) is 3.84. The fourth-order valence-electron chi connectivity index (χ4n) is 3.84. The Kier molecular flexibility index (Phi) is 4.85. The summed E-state index contributed by atoms with van der Waals surface area (Å²) in [5.74, 6) is -0.375. The van der Waals surface area contributed by atoms with E-state index in [-0.39, 0.29) is 11.4 Å². The molecule has 0 saturated heterocycles. The summed E-state index contributed by atoms with van der Waals surface area (Å²) in [5, 5.41) is 4.22. The van der Waals surface area contributed by atoms with Crippen molar-refractivity contribution >= 4 is 27.8 Å². The molecule has 0 aliphatic heterocycles. The largest absolute Gasteiger partial charge is 0.360 e. The first kappa shape index (κ1) is 19.8. The highest BCUT2D eigenvalue weighted by molar-refractivity contribution is 5.84. The van der Waals surface area contributed by atoms with Crippen LogP contribution in [0.2, 0.25) is 0 Å². The summed E-state index contributed by atoms with van der Waals surface area (Å²) in [5.41, 5.74) is 1.88. The van der Waals surface area contributed by atoms with Crippen molar-refractivity contribution in [1.82, 2.24) is 24.5 Å². The molecule has 32 heavy (non-hydrogen) atoms. The first-order valence-electron chi connectivity index (χ1n) is 10.1. The van der Waals surface area contributed by atoms with Crippen LogP contribution in [-0.2, 0) is 0 Å². The molecule has 0 radical (unpaired) electrons. The molecule has 1 atom stereocenters. The number of hydrogen-bond donors (Lipinski definition) is 2. The highest BCUT2D eigenvalue weighted by atomic mass is 19.1. The van der Waals surface area contributed by atoms with Crippen LogP contribution < -0.4 is 10.9 Å². The molecule has 0 fully saturated rings. The van der Waals surface area contributed by atoms with Gasteiger partial charge < -0.3 is 10.3 Å². The number of halogens is 2. The highest BCUT2D eigenvalue weighted by Gasteiger charge is 2.20. The number of aromatic amines is 1. The number of rotatable bonds is 5. The number of anilines is 1. The Morgan fingerprint density at radius 3 is 2.59 bits per heavy atom. The molecule has 1 unspecified atom stereocenters. The van der Waals surface area contributed by atoms with Gasteiger partial charge in [-0.15, -0.1) is 0 Å². The number of benzene rings is 2. The third-order valence-electron chi connectivity index (χ3n) is 5.39. The monoisotopic (exact) mass is 432 g/mol. The van der Waals surface area contributed by atoms with Crippen LogP contribution in [-0.4, -0.2) is 24.5 Å². The van der Waals surface area contributed by atoms with E-state index in [4.69, 9.17) is 0 Å². The fraction of sp³-hybridized carbons (Fsp3) is 0.130. The Hall–Kier alpha value is -4.14. The number of fused-ring (bicyclic) bond motifs is 2. The number of H-pyrrole nitrogens is 1. The molecule has 0 aliphatic rings. The smallest absolute Gasteiger partial charge is 0.263 e. The first-order valence-corrected chi connectivity index (χ1v) is 10.1. The van der Waals surface area contributed by atoms with E-state index < -0.39 is 17.2 Å². The molecule has 0 aliphatic carbocycles. The van der Waals surface area contributed by atoms with E-state index in [0.29, 0.717) is 40.2 Å². The molecule has 2 N–H and O–H groups in total. The Morgan fingerprint density at radius 2 is 1.81 bits per heavy atom. The van der Waals surface area contributed by atoms with Gasteiger partial charge in [-0.1, -0.05) is 13.0 Å². The first-order chi connectivity index (χ1) is 15.5. The summed E-state index contributed by atoms with van der Waals surface area (Å²) in [4.78, 5) is 29.1. The minimum atomic E-state index is -0.499. The summed E-state index contributed by atoms with van der Waals surface area (Å²) < 4.78 is 28.9. The van der Waals surface area contributed by atoms with Crippen molar-refractivity contribution < 1.29 is 8.78 Å². The van der Waals surface area contributed by atoms with Gasteiger partial charge in [0, 0.05) is 11.4 Å². The summed E-state index contributed by atoms with van der Waals surface area (Å²) in [6, 6.07) is 11.2. The average Bonchev–Trinajstić information content (AvgIpc) is 3.28. The van der Waals surface area contributed by atoms with E-state index in [1.54, 1.807) is 6.07 Å². The molecule has 7 nitrogen and oxygen atoms in total. The van der Waals surface area contributed by atoms with Crippen LogP contribution in [0.3, 0.4) is 0 Å². The van der Waals surface area contributed by atoms with Gasteiger partial charge >= 0.3 is 0 Å². The van der Waals surface area contributed by atoms with Crippen molar-refractivity contribution in [3.8, 4) is 5.69 Å². The molecule has 9 heteroatoms. The second-order valence-corrected chi connectivity index (χ2v) is 7.35. The van der Waals surface area contributed by atoms with Gasteiger partial charge in [0.1, 0.15) is 23.5 Å². The Morgan fingerprint density at radius 1 is 1.03 bits per heavy atom. The molecule has 3 aromatic heterocycles. The lowest BCUT2D eigenvalue weighted by Crippen LogP contribution is -2.26. The molecule has 0 bridgehead atoms. The molecule has 5 rings (SSSR count). The number of imidazole rings is 1. The Bertz CT molecular complexity index is 1490. The molecule has 3 heterocycles. The summed E-state index contributed by atoms with van der Waals surface area (Å²) in [7, 11) is 0.